The summed E-state index contributed by atoms with van der Waals surface area (Å²) in [4.78, 5) is 8.29. The summed E-state index contributed by atoms with van der Waals surface area (Å²) in [6, 6.07) is 5.64. The summed E-state index contributed by atoms with van der Waals surface area (Å²) in [6.07, 6.45) is 4.77. The van der Waals surface area contributed by atoms with Gasteiger partial charge in [-0.05, 0) is 12.1 Å². The van der Waals surface area contributed by atoms with E-state index in [9.17, 15) is 5.21 Å². The van der Waals surface area contributed by atoms with Gasteiger partial charge in [0.25, 0.3) is 0 Å². The molecule has 2 heterocycles. The number of hydrogen-bond donors (Lipinski definition) is 1. The van der Waals surface area contributed by atoms with E-state index in [1.54, 1.807) is 18.7 Å². The van der Waals surface area contributed by atoms with Crippen LogP contribution in [-0.4, -0.2) is 19.9 Å². The number of nitrogens with zero attached hydrogens (tertiary/aromatic N) is 3. The fraction of sp³-hybridized carbons (Fsp3) is 0. The maximum Gasteiger partial charge on any atom is 0.116 e. The number of rotatable bonds is 0. The Morgan fingerprint density at radius 2 is 2.07 bits per heavy atom. The second-order valence-electron chi connectivity index (χ2n) is 3.13. The Morgan fingerprint density at radius 3 is 3.00 bits per heavy atom. The molecule has 14 heavy (non-hydrogen) atoms. The van der Waals surface area contributed by atoms with Crippen molar-refractivity contribution in [2.75, 3.05) is 0 Å². The molecule has 0 aliphatic rings. The number of aromatic nitrogens is 3. The minimum atomic E-state index is 0.878. The van der Waals surface area contributed by atoms with Gasteiger partial charge in [-0.15, -0.1) is 0 Å². The molecule has 68 valence electrons. The second-order valence-corrected chi connectivity index (χ2v) is 3.13. The molecule has 4 nitrogen and oxygen atoms in total. The average Bonchev–Trinajstić information content (AvgIpc) is 2.65. The molecule has 1 aromatic carbocycles. The molecule has 0 aliphatic carbocycles. The normalized spacial score (nSPS) is 11.1. The molecule has 2 aromatic heterocycles. The highest BCUT2D eigenvalue weighted by Gasteiger charge is 2.02. The predicted molar refractivity (Wildman–Crippen MR) is 52.2 cm³/mol. The van der Waals surface area contributed by atoms with Crippen molar-refractivity contribution in [3.8, 4) is 0 Å². The standard InChI is InChI=1S/C10H7N3O/c14-13-4-3-8-7(5-13)1-2-9-10(8)12-6-11-9/h1-6,14H. The Hall–Kier alpha value is -2.10. The lowest BCUT2D eigenvalue weighted by atomic mass is 10.1. The van der Waals surface area contributed by atoms with Crippen molar-refractivity contribution in [2.45, 2.75) is 0 Å². The maximum atomic E-state index is 9.23. The average molecular weight is 185 g/mol. The number of pyridine rings is 1. The van der Waals surface area contributed by atoms with Gasteiger partial charge in [-0.1, -0.05) is 6.07 Å². The minimum Gasteiger partial charge on any atom is -0.429 e. The Morgan fingerprint density at radius 1 is 1.14 bits per heavy atom. The first-order valence-corrected chi connectivity index (χ1v) is 4.25. The molecule has 0 spiro atoms. The summed E-state index contributed by atoms with van der Waals surface area (Å²) in [5.41, 5.74) is 1.76. The first kappa shape index (κ1) is 7.32. The molecule has 0 saturated heterocycles. The van der Waals surface area contributed by atoms with Crippen LogP contribution >= 0.6 is 0 Å². The SMILES string of the molecule is On1ccc2c(ccc3ncnc32)c1. The first-order valence-electron chi connectivity index (χ1n) is 4.25. The van der Waals surface area contributed by atoms with Crippen LogP contribution in [0.15, 0.2) is 36.9 Å². The molecule has 0 fully saturated rings. The summed E-state index contributed by atoms with van der Waals surface area (Å²) in [5, 5.41) is 11.2. The Kier molecular flexibility index (Phi) is 1.28. The summed E-state index contributed by atoms with van der Waals surface area (Å²) in [6.45, 7) is 0. The van der Waals surface area contributed by atoms with Crippen LogP contribution in [0.2, 0.25) is 0 Å². The van der Waals surface area contributed by atoms with Crippen LogP contribution < -0.4 is 0 Å². The minimum absolute atomic E-state index is 0.878. The number of imidazole rings is 1. The van der Waals surface area contributed by atoms with Crippen molar-refractivity contribution in [1.29, 1.82) is 0 Å². The Bertz CT molecular complexity index is 615. The lowest BCUT2D eigenvalue weighted by Crippen LogP contribution is -1.89. The topological polar surface area (TPSA) is 50.9 Å². The molecular weight excluding hydrogens is 178 g/mol. The van der Waals surface area contributed by atoms with E-state index in [0.29, 0.717) is 0 Å². The highest BCUT2D eigenvalue weighted by molar-refractivity contribution is 6.03. The molecule has 4 heteroatoms. The van der Waals surface area contributed by atoms with E-state index in [1.165, 1.54) is 0 Å². The lowest BCUT2D eigenvalue weighted by molar-refractivity contribution is 0.186. The van der Waals surface area contributed by atoms with E-state index in [4.69, 9.17) is 0 Å². The highest BCUT2D eigenvalue weighted by atomic mass is 16.5. The van der Waals surface area contributed by atoms with Crippen LogP contribution in [0, 0.1) is 0 Å². The van der Waals surface area contributed by atoms with E-state index in [-0.39, 0.29) is 0 Å². The fourth-order valence-electron chi connectivity index (χ4n) is 1.62. The van der Waals surface area contributed by atoms with Crippen LogP contribution in [0.3, 0.4) is 0 Å². The number of benzene rings is 1. The fourth-order valence-corrected chi connectivity index (χ4v) is 1.62. The molecule has 0 atom stereocenters. The molecule has 0 radical (unpaired) electrons. The van der Waals surface area contributed by atoms with Crippen LogP contribution in [0.4, 0.5) is 0 Å². The molecule has 1 N–H and O–H groups in total. The van der Waals surface area contributed by atoms with Crippen LogP contribution in [-0.2, 0) is 0 Å². The molecule has 0 amide bonds. The summed E-state index contributed by atoms with van der Waals surface area (Å²) >= 11 is 0. The molecule has 3 aromatic rings. The van der Waals surface area contributed by atoms with Gasteiger partial charge in [-0.25, -0.2) is 14.7 Å². The molecule has 0 unspecified atom stereocenters. The van der Waals surface area contributed by atoms with E-state index in [0.717, 1.165) is 26.5 Å². The van der Waals surface area contributed by atoms with Crippen molar-refractivity contribution in [2.24, 2.45) is 0 Å². The zero-order valence-electron chi connectivity index (χ0n) is 7.25. The van der Waals surface area contributed by atoms with Gasteiger partial charge in [0.05, 0.1) is 17.2 Å². The van der Waals surface area contributed by atoms with Gasteiger partial charge in [0, 0.05) is 17.0 Å². The number of fused-ring (bicyclic) bond motifs is 3. The molecule has 0 aliphatic heterocycles. The maximum absolute atomic E-state index is 9.23. The van der Waals surface area contributed by atoms with Crippen molar-refractivity contribution < 1.29 is 5.21 Å². The molecule has 0 bridgehead atoms. The Labute approximate surface area is 79.4 Å². The quantitative estimate of drug-likeness (QED) is 0.543. The van der Waals surface area contributed by atoms with Crippen LogP contribution in [0.1, 0.15) is 0 Å². The van der Waals surface area contributed by atoms with Crippen molar-refractivity contribution in [3.05, 3.63) is 36.9 Å². The largest absolute Gasteiger partial charge is 0.429 e. The first-order chi connectivity index (χ1) is 6.84. The Balaban J connectivity index is 2.57. The van der Waals surface area contributed by atoms with Crippen LogP contribution in [0.5, 0.6) is 0 Å². The van der Waals surface area contributed by atoms with Crippen molar-refractivity contribution >= 4 is 21.8 Å². The second kappa shape index (κ2) is 2.45. The summed E-state index contributed by atoms with van der Waals surface area (Å²) in [7, 11) is 0. The zero-order chi connectivity index (χ0) is 9.54. The van der Waals surface area contributed by atoms with Gasteiger partial charge in [-0.2, -0.15) is 0 Å². The van der Waals surface area contributed by atoms with Gasteiger partial charge in [0.1, 0.15) is 6.33 Å². The zero-order valence-corrected chi connectivity index (χ0v) is 7.25. The van der Waals surface area contributed by atoms with Crippen molar-refractivity contribution in [3.63, 3.8) is 0 Å². The predicted octanol–water partition coefficient (Wildman–Crippen LogP) is 1.82. The smallest absolute Gasteiger partial charge is 0.116 e. The van der Waals surface area contributed by atoms with E-state index in [1.807, 2.05) is 18.2 Å². The summed E-state index contributed by atoms with van der Waals surface area (Å²) in [5.74, 6) is 0. The third kappa shape index (κ3) is 0.877. The highest BCUT2D eigenvalue weighted by Crippen LogP contribution is 2.21. The van der Waals surface area contributed by atoms with Gasteiger partial charge < -0.3 is 5.21 Å². The lowest BCUT2D eigenvalue weighted by Gasteiger charge is -2.00. The van der Waals surface area contributed by atoms with E-state index >= 15 is 0 Å². The molecule has 0 saturated carbocycles. The van der Waals surface area contributed by atoms with Gasteiger partial charge in [-0.3, -0.25) is 0 Å². The molecule has 3 rings (SSSR count). The third-order valence-electron chi connectivity index (χ3n) is 2.28. The number of hydrogen-bond acceptors (Lipinski definition) is 3. The summed E-state index contributed by atoms with van der Waals surface area (Å²) < 4.78 is 1.03. The van der Waals surface area contributed by atoms with Crippen molar-refractivity contribution in [1.82, 2.24) is 14.7 Å². The van der Waals surface area contributed by atoms with E-state index in [2.05, 4.69) is 9.97 Å². The third-order valence-corrected chi connectivity index (χ3v) is 2.28. The van der Waals surface area contributed by atoms with E-state index < -0.39 is 0 Å². The van der Waals surface area contributed by atoms with Gasteiger partial charge in [0.15, 0.2) is 0 Å². The van der Waals surface area contributed by atoms with Gasteiger partial charge in [0.2, 0.25) is 0 Å². The monoisotopic (exact) mass is 185 g/mol. The van der Waals surface area contributed by atoms with Crippen LogP contribution in [0.25, 0.3) is 21.8 Å². The molecular formula is C10H7N3O. The van der Waals surface area contributed by atoms with Gasteiger partial charge >= 0.3 is 0 Å².